The fourth-order valence-electron chi connectivity index (χ4n) is 1.81. The van der Waals surface area contributed by atoms with Gasteiger partial charge in [0.15, 0.2) is 0 Å². The maximum absolute atomic E-state index is 13.8. The first-order valence-electron chi connectivity index (χ1n) is 5.10. The smallest absolute Gasteiger partial charge is 0.288 e. The van der Waals surface area contributed by atoms with Crippen molar-refractivity contribution in [2.75, 3.05) is 20.7 Å². The maximum atomic E-state index is 13.8. The Balaban J connectivity index is 3.30. The summed E-state index contributed by atoms with van der Waals surface area (Å²) in [4.78, 5) is 0. The molecule has 0 aliphatic heterocycles. The van der Waals surface area contributed by atoms with Gasteiger partial charge in [-0.05, 0) is 32.5 Å². The van der Waals surface area contributed by atoms with E-state index in [0.717, 1.165) is 11.1 Å². The molecule has 1 aromatic rings. The molecular formula is C12H17F2NO. The van der Waals surface area contributed by atoms with Gasteiger partial charge in [0, 0.05) is 0 Å². The minimum Gasteiger partial charge on any atom is -0.496 e. The Hall–Kier alpha value is -1.16. The second-order valence-electron chi connectivity index (χ2n) is 3.90. The SMILES string of the molecule is CNCC(F)(F)c1cc(C)cc(C)c1OC. The molecule has 90 valence electrons. The van der Waals surface area contributed by atoms with Crippen LogP contribution in [0.5, 0.6) is 5.75 Å². The topological polar surface area (TPSA) is 21.3 Å². The van der Waals surface area contributed by atoms with E-state index in [0.29, 0.717) is 0 Å². The number of rotatable bonds is 4. The number of ether oxygens (including phenoxy) is 1. The number of benzene rings is 1. The van der Waals surface area contributed by atoms with E-state index in [1.54, 1.807) is 13.8 Å². The number of methoxy groups -OCH3 is 1. The van der Waals surface area contributed by atoms with Crippen LogP contribution in [-0.4, -0.2) is 20.7 Å². The van der Waals surface area contributed by atoms with Crippen LogP contribution in [0, 0.1) is 13.8 Å². The molecule has 0 aromatic heterocycles. The number of hydrogen-bond donors (Lipinski definition) is 1. The van der Waals surface area contributed by atoms with Crippen molar-refractivity contribution in [3.8, 4) is 5.75 Å². The summed E-state index contributed by atoms with van der Waals surface area (Å²) in [6.07, 6.45) is 0. The van der Waals surface area contributed by atoms with E-state index < -0.39 is 12.5 Å². The summed E-state index contributed by atoms with van der Waals surface area (Å²) in [5.74, 6) is -2.65. The van der Waals surface area contributed by atoms with Gasteiger partial charge in [0.1, 0.15) is 5.75 Å². The van der Waals surface area contributed by atoms with Crippen LogP contribution in [0.1, 0.15) is 16.7 Å². The third-order valence-electron chi connectivity index (χ3n) is 2.42. The minimum atomic E-state index is -2.92. The lowest BCUT2D eigenvalue weighted by atomic mass is 10.0. The molecule has 0 heterocycles. The van der Waals surface area contributed by atoms with Gasteiger partial charge in [0.25, 0.3) is 5.92 Å². The molecule has 2 nitrogen and oxygen atoms in total. The summed E-state index contributed by atoms with van der Waals surface area (Å²) in [6.45, 7) is 3.17. The standard InChI is InChI=1S/C12H17F2NO/c1-8-5-9(2)11(16-4)10(6-8)12(13,14)7-15-3/h5-6,15H,7H2,1-4H3. The highest BCUT2D eigenvalue weighted by Gasteiger charge is 2.34. The summed E-state index contributed by atoms with van der Waals surface area (Å²) >= 11 is 0. The lowest BCUT2D eigenvalue weighted by Crippen LogP contribution is -2.28. The molecule has 0 fully saturated rings. The van der Waals surface area contributed by atoms with Gasteiger partial charge in [0.05, 0.1) is 19.2 Å². The number of halogens is 2. The van der Waals surface area contributed by atoms with E-state index in [9.17, 15) is 8.78 Å². The lowest BCUT2D eigenvalue weighted by Gasteiger charge is -2.21. The van der Waals surface area contributed by atoms with Crippen molar-refractivity contribution in [1.82, 2.24) is 5.32 Å². The van der Waals surface area contributed by atoms with Gasteiger partial charge in [-0.25, -0.2) is 0 Å². The third-order valence-corrected chi connectivity index (χ3v) is 2.42. The fourth-order valence-corrected chi connectivity index (χ4v) is 1.81. The van der Waals surface area contributed by atoms with E-state index in [4.69, 9.17) is 4.74 Å². The van der Waals surface area contributed by atoms with Gasteiger partial charge < -0.3 is 10.1 Å². The Morgan fingerprint density at radius 2 is 1.94 bits per heavy atom. The Kier molecular flexibility index (Phi) is 3.86. The van der Waals surface area contributed by atoms with Gasteiger partial charge >= 0.3 is 0 Å². The highest BCUT2D eigenvalue weighted by atomic mass is 19.3. The van der Waals surface area contributed by atoms with Crippen LogP contribution in [0.15, 0.2) is 12.1 Å². The molecule has 0 aliphatic rings. The predicted octanol–water partition coefficient (Wildman–Crippen LogP) is 2.62. The predicted molar refractivity (Wildman–Crippen MR) is 60.3 cm³/mol. The van der Waals surface area contributed by atoms with Crippen LogP contribution in [0.25, 0.3) is 0 Å². The van der Waals surface area contributed by atoms with Crippen LogP contribution in [0.4, 0.5) is 8.78 Å². The van der Waals surface area contributed by atoms with Gasteiger partial charge in [-0.15, -0.1) is 0 Å². The summed E-state index contributed by atoms with van der Waals surface area (Å²) in [6, 6.07) is 3.31. The first kappa shape index (κ1) is 12.9. The molecular weight excluding hydrogens is 212 g/mol. The number of hydrogen-bond acceptors (Lipinski definition) is 2. The zero-order valence-electron chi connectivity index (χ0n) is 10.0. The Morgan fingerprint density at radius 3 is 2.44 bits per heavy atom. The van der Waals surface area contributed by atoms with Crippen molar-refractivity contribution < 1.29 is 13.5 Å². The van der Waals surface area contributed by atoms with Crippen LogP contribution in [0.3, 0.4) is 0 Å². The molecule has 0 amide bonds. The van der Waals surface area contributed by atoms with E-state index in [1.165, 1.54) is 20.2 Å². The fraction of sp³-hybridized carbons (Fsp3) is 0.500. The van der Waals surface area contributed by atoms with E-state index >= 15 is 0 Å². The molecule has 0 bridgehead atoms. The second-order valence-corrected chi connectivity index (χ2v) is 3.90. The van der Waals surface area contributed by atoms with E-state index in [-0.39, 0.29) is 11.3 Å². The normalized spacial score (nSPS) is 11.6. The van der Waals surface area contributed by atoms with Crippen LogP contribution < -0.4 is 10.1 Å². The van der Waals surface area contributed by atoms with Crippen molar-refractivity contribution in [1.29, 1.82) is 0 Å². The average molecular weight is 229 g/mol. The Labute approximate surface area is 94.6 Å². The molecule has 0 saturated carbocycles. The number of aryl methyl sites for hydroxylation is 2. The summed E-state index contributed by atoms with van der Waals surface area (Å²) in [5.41, 5.74) is 1.49. The van der Waals surface area contributed by atoms with Gasteiger partial charge in [-0.3, -0.25) is 0 Å². The van der Waals surface area contributed by atoms with Crippen LogP contribution in [0.2, 0.25) is 0 Å². The van der Waals surface area contributed by atoms with Crippen molar-refractivity contribution in [3.63, 3.8) is 0 Å². The summed E-state index contributed by atoms with van der Waals surface area (Å²) in [5, 5.41) is 2.49. The molecule has 0 aliphatic carbocycles. The highest BCUT2D eigenvalue weighted by molar-refractivity contribution is 5.46. The quantitative estimate of drug-likeness (QED) is 0.857. The summed E-state index contributed by atoms with van der Waals surface area (Å²) < 4.78 is 32.7. The molecule has 1 rings (SSSR count). The first-order valence-corrected chi connectivity index (χ1v) is 5.10. The van der Waals surface area contributed by atoms with Crippen molar-refractivity contribution >= 4 is 0 Å². The van der Waals surface area contributed by atoms with Gasteiger partial charge in [0.2, 0.25) is 0 Å². The third kappa shape index (κ3) is 2.50. The molecule has 0 radical (unpaired) electrons. The highest BCUT2D eigenvalue weighted by Crippen LogP contribution is 2.37. The van der Waals surface area contributed by atoms with E-state index in [1.807, 2.05) is 6.07 Å². The molecule has 1 N–H and O–H groups in total. The van der Waals surface area contributed by atoms with Crippen molar-refractivity contribution in [3.05, 3.63) is 28.8 Å². The van der Waals surface area contributed by atoms with Gasteiger partial charge in [-0.1, -0.05) is 11.6 Å². The molecule has 0 spiro atoms. The first-order chi connectivity index (χ1) is 7.42. The zero-order valence-corrected chi connectivity index (χ0v) is 10.0. The number of nitrogens with one attached hydrogen (secondary N) is 1. The zero-order chi connectivity index (χ0) is 12.3. The number of alkyl halides is 2. The van der Waals surface area contributed by atoms with E-state index in [2.05, 4.69) is 5.32 Å². The molecule has 4 heteroatoms. The lowest BCUT2D eigenvalue weighted by molar-refractivity contribution is -0.00355. The number of likely N-dealkylation sites (N-methyl/N-ethyl adjacent to an activating group) is 1. The Morgan fingerprint density at radius 1 is 1.31 bits per heavy atom. The monoisotopic (exact) mass is 229 g/mol. The van der Waals surface area contributed by atoms with Crippen LogP contribution >= 0.6 is 0 Å². The average Bonchev–Trinajstić information content (AvgIpc) is 2.16. The minimum absolute atomic E-state index is 0.0538. The molecule has 1 aromatic carbocycles. The largest absolute Gasteiger partial charge is 0.496 e. The molecule has 0 unspecified atom stereocenters. The van der Waals surface area contributed by atoms with Gasteiger partial charge in [-0.2, -0.15) is 8.78 Å². The molecule has 16 heavy (non-hydrogen) atoms. The maximum Gasteiger partial charge on any atom is 0.288 e. The summed E-state index contributed by atoms with van der Waals surface area (Å²) in [7, 11) is 2.92. The molecule has 0 atom stereocenters. The molecule has 0 saturated heterocycles. The Bertz CT molecular complexity index is 378. The van der Waals surface area contributed by atoms with Crippen molar-refractivity contribution in [2.24, 2.45) is 0 Å². The van der Waals surface area contributed by atoms with Crippen LogP contribution in [-0.2, 0) is 5.92 Å². The second kappa shape index (κ2) is 4.78. The van der Waals surface area contributed by atoms with Crippen molar-refractivity contribution in [2.45, 2.75) is 19.8 Å².